The van der Waals surface area contributed by atoms with Gasteiger partial charge in [0, 0.05) is 0 Å². The highest BCUT2D eigenvalue weighted by Gasteiger charge is 2.41. The molecule has 24 heavy (non-hydrogen) atoms. The summed E-state index contributed by atoms with van der Waals surface area (Å²) in [6.45, 7) is 0.103. The number of nitrogens with zero attached hydrogens (tertiary/aromatic N) is 1. The second-order valence-corrected chi connectivity index (χ2v) is 5.06. The van der Waals surface area contributed by atoms with Crippen molar-refractivity contribution in [2.45, 2.75) is 31.7 Å². The van der Waals surface area contributed by atoms with Gasteiger partial charge < -0.3 is 25.8 Å². The fourth-order valence-corrected chi connectivity index (χ4v) is 1.92. The highest BCUT2D eigenvalue weighted by molar-refractivity contribution is 5.99. The Morgan fingerprint density at radius 2 is 1.83 bits per heavy atom. The van der Waals surface area contributed by atoms with Crippen LogP contribution in [0.2, 0.25) is 0 Å². The minimum atomic E-state index is -1.89. The van der Waals surface area contributed by atoms with Crippen LogP contribution in [0.15, 0.2) is 30.3 Å². The molecule has 1 aromatic rings. The predicted octanol–water partition coefficient (Wildman–Crippen LogP) is -0.695. The minimum Gasteiger partial charge on any atom is -0.480 e. The fourth-order valence-electron chi connectivity index (χ4n) is 1.92. The topological polar surface area (TPSA) is 150 Å². The van der Waals surface area contributed by atoms with E-state index in [1.54, 1.807) is 30.3 Å². The molecule has 0 aliphatic carbocycles. The van der Waals surface area contributed by atoms with E-state index in [0.717, 1.165) is 6.92 Å². The van der Waals surface area contributed by atoms with E-state index < -0.39 is 42.8 Å². The molecule has 0 aromatic heterocycles. The predicted molar refractivity (Wildman–Crippen MR) is 81.6 cm³/mol. The molecule has 0 radical (unpaired) electrons. The Hall–Kier alpha value is -2.49. The Labute approximate surface area is 138 Å². The first-order valence-electron chi connectivity index (χ1n) is 7.10. The Bertz CT molecular complexity index is 576. The number of imide groups is 1. The second-order valence-electron chi connectivity index (χ2n) is 5.06. The monoisotopic (exact) mass is 340 g/mol. The maximum atomic E-state index is 12.2. The van der Waals surface area contributed by atoms with E-state index in [4.69, 9.17) is 15.6 Å². The van der Waals surface area contributed by atoms with E-state index in [-0.39, 0.29) is 11.5 Å². The number of nitrogens with two attached hydrogens (primary N) is 1. The van der Waals surface area contributed by atoms with Crippen LogP contribution in [0.5, 0.6) is 0 Å². The van der Waals surface area contributed by atoms with Crippen LogP contribution in [0.4, 0.5) is 4.79 Å². The van der Waals surface area contributed by atoms with Gasteiger partial charge in [0.25, 0.3) is 5.91 Å². The number of hydrogen-bond acceptors (Lipinski definition) is 7. The zero-order valence-corrected chi connectivity index (χ0v) is 13.0. The number of aliphatic hydroxyl groups is 2. The van der Waals surface area contributed by atoms with Crippen LogP contribution in [0.1, 0.15) is 12.5 Å². The third-order valence-corrected chi connectivity index (χ3v) is 3.14. The number of amides is 2. The van der Waals surface area contributed by atoms with Gasteiger partial charge in [0.05, 0.1) is 12.7 Å². The number of hydrogen-bond donors (Lipinski definition) is 4. The quantitative estimate of drug-likeness (QED) is 0.509. The Morgan fingerprint density at radius 1 is 1.25 bits per heavy atom. The molecule has 2 amide bonds. The van der Waals surface area contributed by atoms with E-state index >= 15 is 0 Å². The van der Waals surface area contributed by atoms with Crippen LogP contribution >= 0.6 is 0 Å². The molecular weight excluding hydrogens is 320 g/mol. The van der Waals surface area contributed by atoms with E-state index in [1.165, 1.54) is 0 Å². The molecule has 0 bridgehead atoms. The largest absolute Gasteiger partial charge is 0.480 e. The zero-order valence-electron chi connectivity index (χ0n) is 13.0. The van der Waals surface area contributed by atoms with Crippen LogP contribution in [0.3, 0.4) is 0 Å². The molecule has 0 saturated carbocycles. The summed E-state index contributed by atoms with van der Waals surface area (Å²) in [6.07, 6.45) is -2.84. The van der Waals surface area contributed by atoms with Gasteiger partial charge in [-0.1, -0.05) is 30.3 Å². The lowest BCUT2D eigenvalue weighted by molar-refractivity contribution is -0.154. The molecule has 0 heterocycles. The first-order chi connectivity index (χ1) is 11.3. The number of carboxylic acids is 1. The molecule has 0 aliphatic rings. The van der Waals surface area contributed by atoms with Crippen molar-refractivity contribution in [3.05, 3.63) is 35.9 Å². The molecule has 0 unspecified atom stereocenters. The SMILES string of the molecule is C[C@@H](O)[C@@H](C(=O)O)N(C(=O)OCc1ccccc1)C(=O)[C@@H](N)CO. The smallest absolute Gasteiger partial charge is 0.417 e. The van der Waals surface area contributed by atoms with E-state index in [2.05, 4.69) is 0 Å². The zero-order chi connectivity index (χ0) is 18.3. The molecule has 3 atom stereocenters. The van der Waals surface area contributed by atoms with Crippen molar-refractivity contribution in [3.63, 3.8) is 0 Å². The van der Waals surface area contributed by atoms with Gasteiger partial charge in [0.2, 0.25) is 0 Å². The number of carbonyl (C=O) groups is 3. The van der Waals surface area contributed by atoms with E-state index in [1.807, 2.05) is 0 Å². The molecule has 0 aliphatic heterocycles. The number of carboxylic acid groups (broad SMARTS) is 1. The lowest BCUT2D eigenvalue weighted by Gasteiger charge is -2.29. The molecule has 1 rings (SSSR count). The molecule has 9 heteroatoms. The van der Waals surface area contributed by atoms with Gasteiger partial charge in [0.15, 0.2) is 6.04 Å². The normalized spacial score (nSPS) is 14.3. The summed E-state index contributed by atoms with van der Waals surface area (Å²) in [5.74, 6) is -2.77. The maximum Gasteiger partial charge on any atom is 0.417 e. The van der Waals surface area contributed by atoms with Gasteiger partial charge >= 0.3 is 12.1 Å². The summed E-state index contributed by atoms with van der Waals surface area (Å²) in [5, 5.41) is 27.8. The molecule has 0 saturated heterocycles. The average molecular weight is 340 g/mol. The van der Waals surface area contributed by atoms with Gasteiger partial charge in [-0.15, -0.1) is 0 Å². The second kappa shape index (κ2) is 8.96. The lowest BCUT2D eigenvalue weighted by atomic mass is 10.1. The average Bonchev–Trinajstić information content (AvgIpc) is 2.56. The fraction of sp³-hybridized carbons (Fsp3) is 0.400. The van der Waals surface area contributed by atoms with Gasteiger partial charge in [-0.05, 0) is 12.5 Å². The highest BCUT2D eigenvalue weighted by Crippen LogP contribution is 2.12. The molecule has 0 spiro atoms. The Kier molecular flexibility index (Phi) is 7.31. The summed E-state index contributed by atoms with van der Waals surface area (Å²) in [7, 11) is 0. The van der Waals surface area contributed by atoms with E-state index in [9.17, 15) is 24.6 Å². The number of aliphatic hydroxyl groups excluding tert-OH is 2. The van der Waals surface area contributed by atoms with Crippen molar-refractivity contribution in [2.24, 2.45) is 5.73 Å². The number of aliphatic carboxylic acids is 1. The van der Waals surface area contributed by atoms with Crippen LogP contribution in [-0.2, 0) is 20.9 Å². The number of ether oxygens (including phenoxy) is 1. The molecule has 5 N–H and O–H groups in total. The van der Waals surface area contributed by atoms with Gasteiger partial charge in [-0.3, -0.25) is 4.79 Å². The van der Waals surface area contributed by atoms with Gasteiger partial charge in [-0.2, -0.15) is 0 Å². The van der Waals surface area contributed by atoms with Crippen LogP contribution < -0.4 is 5.73 Å². The standard InChI is InChI=1S/C15H20N2O7/c1-9(19)12(14(21)22)17(13(20)11(16)7-18)15(23)24-8-10-5-3-2-4-6-10/h2-6,9,11-12,18-19H,7-8,16H2,1H3,(H,21,22)/t9-,11+,12+/m1/s1. The number of rotatable bonds is 7. The first-order valence-corrected chi connectivity index (χ1v) is 7.10. The maximum absolute atomic E-state index is 12.2. The van der Waals surface area contributed by atoms with Gasteiger partial charge in [-0.25, -0.2) is 14.5 Å². The highest BCUT2D eigenvalue weighted by atomic mass is 16.6. The summed E-state index contributed by atoms with van der Waals surface area (Å²) in [5.41, 5.74) is 6.00. The van der Waals surface area contributed by atoms with Crippen LogP contribution in [0, 0.1) is 0 Å². The third-order valence-electron chi connectivity index (χ3n) is 3.14. The van der Waals surface area contributed by atoms with Crippen molar-refractivity contribution >= 4 is 18.0 Å². The summed E-state index contributed by atoms with van der Waals surface area (Å²) < 4.78 is 4.94. The third kappa shape index (κ3) is 5.01. The molecular formula is C15H20N2O7. The van der Waals surface area contributed by atoms with Crippen LogP contribution in [-0.4, -0.2) is 63.0 Å². The van der Waals surface area contributed by atoms with Crippen LogP contribution in [0.25, 0.3) is 0 Å². The summed E-state index contributed by atoms with van der Waals surface area (Å²) in [6, 6.07) is 5.11. The van der Waals surface area contributed by atoms with Crippen molar-refractivity contribution in [2.75, 3.05) is 6.61 Å². The Morgan fingerprint density at radius 3 is 2.29 bits per heavy atom. The van der Waals surface area contributed by atoms with Crippen molar-refractivity contribution in [3.8, 4) is 0 Å². The van der Waals surface area contributed by atoms with Crippen molar-refractivity contribution in [1.29, 1.82) is 0 Å². The molecule has 132 valence electrons. The van der Waals surface area contributed by atoms with E-state index in [0.29, 0.717) is 5.56 Å². The molecule has 0 fully saturated rings. The van der Waals surface area contributed by atoms with Crippen molar-refractivity contribution < 1.29 is 34.4 Å². The number of carbonyl (C=O) groups excluding carboxylic acids is 2. The molecule has 1 aromatic carbocycles. The van der Waals surface area contributed by atoms with Gasteiger partial charge in [0.1, 0.15) is 12.6 Å². The number of benzene rings is 1. The van der Waals surface area contributed by atoms with Crippen molar-refractivity contribution in [1.82, 2.24) is 4.90 Å². The summed E-state index contributed by atoms with van der Waals surface area (Å²) in [4.78, 5) is 35.9. The first kappa shape index (κ1) is 19.6. The minimum absolute atomic E-state index is 0.204. The summed E-state index contributed by atoms with van der Waals surface area (Å²) >= 11 is 0. The lowest BCUT2D eigenvalue weighted by Crippen LogP contribution is -2.58. The molecule has 9 nitrogen and oxygen atoms in total. The Balaban J connectivity index is 3.00.